The Morgan fingerprint density at radius 3 is 2.45 bits per heavy atom. The number of aryl methyl sites for hydroxylation is 1. The fourth-order valence-corrected chi connectivity index (χ4v) is 2.13. The average molecular weight is 277 g/mol. The number of anilines is 1. The van der Waals surface area contributed by atoms with E-state index in [4.69, 9.17) is 0 Å². The lowest BCUT2D eigenvalue weighted by atomic mass is 9.91. The third-order valence-electron chi connectivity index (χ3n) is 3.42. The minimum atomic E-state index is -1.10. The van der Waals surface area contributed by atoms with Crippen LogP contribution in [-0.4, -0.2) is 11.7 Å². The van der Waals surface area contributed by atoms with Gasteiger partial charge < -0.3 is 10.4 Å². The van der Waals surface area contributed by atoms with Crippen LogP contribution >= 0.6 is 0 Å². The molecule has 2 rings (SSSR count). The summed E-state index contributed by atoms with van der Waals surface area (Å²) in [7, 11) is 0. The van der Waals surface area contributed by atoms with E-state index in [2.05, 4.69) is 5.32 Å². The Morgan fingerprint density at radius 1 is 1.10 bits per heavy atom. The maximum atomic E-state index is 14.0. The fraction of sp³-hybridized carbons (Fsp3) is 0.250. The van der Waals surface area contributed by atoms with Gasteiger partial charge >= 0.3 is 0 Å². The minimum Gasteiger partial charge on any atom is -0.394 e. The molecule has 106 valence electrons. The predicted octanol–water partition coefficient (Wildman–Crippen LogP) is 3.59. The van der Waals surface area contributed by atoms with E-state index < -0.39 is 17.2 Å². The molecule has 0 aliphatic carbocycles. The van der Waals surface area contributed by atoms with Crippen molar-refractivity contribution >= 4 is 5.69 Å². The van der Waals surface area contributed by atoms with Crippen LogP contribution in [0, 0.1) is 18.6 Å². The summed E-state index contributed by atoms with van der Waals surface area (Å²) < 4.78 is 27.3. The van der Waals surface area contributed by atoms with Gasteiger partial charge in [-0.05, 0) is 31.5 Å². The van der Waals surface area contributed by atoms with Gasteiger partial charge in [-0.25, -0.2) is 8.78 Å². The summed E-state index contributed by atoms with van der Waals surface area (Å²) in [5, 5.41) is 12.8. The highest BCUT2D eigenvalue weighted by atomic mass is 19.2. The van der Waals surface area contributed by atoms with E-state index in [1.165, 1.54) is 12.1 Å². The predicted molar refractivity (Wildman–Crippen MR) is 75.6 cm³/mol. The molecular weight excluding hydrogens is 260 g/mol. The maximum Gasteiger partial charge on any atom is 0.164 e. The van der Waals surface area contributed by atoms with Crippen molar-refractivity contribution in [2.75, 3.05) is 11.9 Å². The number of nitrogens with one attached hydrogen (secondary N) is 1. The van der Waals surface area contributed by atoms with E-state index in [-0.39, 0.29) is 12.2 Å². The quantitative estimate of drug-likeness (QED) is 0.895. The highest BCUT2D eigenvalue weighted by Crippen LogP contribution is 2.30. The van der Waals surface area contributed by atoms with Gasteiger partial charge in [0.05, 0.1) is 12.1 Å². The molecule has 0 amide bonds. The number of aliphatic hydroxyl groups excluding tert-OH is 1. The Bertz CT molecular complexity index is 615. The van der Waals surface area contributed by atoms with Crippen LogP contribution in [0.1, 0.15) is 18.1 Å². The van der Waals surface area contributed by atoms with Gasteiger partial charge in [-0.15, -0.1) is 0 Å². The second kappa shape index (κ2) is 5.59. The van der Waals surface area contributed by atoms with Crippen LogP contribution in [0.5, 0.6) is 0 Å². The van der Waals surface area contributed by atoms with Crippen molar-refractivity contribution in [2.24, 2.45) is 0 Å². The number of rotatable bonds is 4. The van der Waals surface area contributed by atoms with Crippen molar-refractivity contribution in [3.63, 3.8) is 0 Å². The maximum absolute atomic E-state index is 14.0. The molecule has 2 N–H and O–H groups in total. The molecule has 2 nitrogen and oxygen atoms in total. The van der Waals surface area contributed by atoms with E-state index in [0.29, 0.717) is 0 Å². The smallest absolute Gasteiger partial charge is 0.164 e. The largest absolute Gasteiger partial charge is 0.394 e. The van der Waals surface area contributed by atoms with Gasteiger partial charge in [0, 0.05) is 11.3 Å². The van der Waals surface area contributed by atoms with Gasteiger partial charge in [0.2, 0.25) is 0 Å². The van der Waals surface area contributed by atoms with Gasteiger partial charge in [-0.2, -0.15) is 0 Å². The topological polar surface area (TPSA) is 32.3 Å². The first-order valence-electron chi connectivity index (χ1n) is 6.37. The van der Waals surface area contributed by atoms with Crippen molar-refractivity contribution in [1.29, 1.82) is 0 Å². The Balaban J connectivity index is 2.44. The molecular formula is C16H17F2NO. The highest BCUT2D eigenvalue weighted by molar-refractivity contribution is 5.53. The zero-order valence-electron chi connectivity index (χ0n) is 11.5. The molecule has 0 fully saturated rings. The molecule has 1 atom stereocenters. The molecule has 0 aromatic heterocycles. The van der Waals surface area contributed by atoms with Crippen molar-refractivity contribution in [2.45, 2.75) is 19.4 Å². The zero-order chi connectivity index (χ0) is 14.8. The van der Waals surface area contributed by atoms with E-state index in [1.54, 1.807) is 6.92 Å². The van der Waals surface area contributed by atoms with Crippen LogP contribution in [0.15, 0.2) is 42.5 Å². The lowest BCUT2D eigenvalue weighted by molar-refractivity contribution is 0.219. The van der Waals surface area contributed by atoms with Crippen LogP contribution in [-0.2, 0) is 5.54 Å². The Labute approximate surface area is 117 Å². The minimum absolute atomic E-state index is 0.100. The molecule has 0 saturated carbocycles. The lowest BCUT2D eigenvalue weighted by Crippen LogP contribution is -2.37. The zero-order valence-corrected chi connectivity index (χ0v) is 11.5. The number of benzene rings is 2. The standard InChI is InChI=1S/C16H17F2NO/c1-11-6-3-4-9-14(11)19-16(2,10-20)12-7-5-8-13(17)15(12)18/h3-9,19-20H,10H2,1-2H3. The molecule has 20 heavy (non-hydrogen) atoms. The molecule has 2 aromatic carbocycles. The molecule has 0 aliphatic heterocycles. The Kier molecular flexibility index (Phi) is 4.04. The molecule has 0 bridgehead atoms. The van der Waals surface area contributed by atoms with E-state index in [9.17, 15) is 13.9 Å². The van der Waals surface area contributed by atoms with Crippen molar-refractivity contribution in [3.8, 4) is 0 Å². The first kappa shape index (κ1) is 14.5. The second-order valence-corrected chi connectivity index (χ2v) is 5.03. The summed E-state index contributed by atoms with van der Waals surface area (Å²) in [5.41, 5.74) is 0.734. The van der Waals surface area contributed by atoms with E-state index in [1.807, 2.05) is 31.2 Å². The molecule has 0 aliphatic rings. The third kappa shape index (κ3) is 2.65. The van der Waals surface area contributed by atoms with Crippen LogP contribution in [0.2, 0.25) is 0 Å². The summed E-state index contributed by atoms with van der Waals surface area (Å²) in [6.07, 6.45) is 0. The molecule has 0 spiro atoms. The van der Waals surface area contributed by atoms with Crippen molar-refractivity contribution < 1.29 is 13.9 Å². The normalized spacial score (nSPS) is 13.8. The summed E-state index contributed by atoms with van der Waals surface area (Å²) >= 11 is 0. The van der Waals surface area contributed by atoms with Crippen LogP contribution in [0.4, 0.5) is 14.5 Å². The summed E-state index contributed by atoms with van der Waals surface area (Å²) in [4.78, 5) is 0. The molecule has 2 aromatic rings. The van der Waals surface area contributed by atoms with Gasteiger partial charge in [-0.1, -0.05) is 30.3 Å². The first-order chi connectivity index (χ1) is 9.48. The van der Waals surface area contributed by atoms with E-state index >= 15 is 0 Å². The van der Waals surface area contributed by atoms with Crippen molar-refractivity contribution in [1.82, 2.24) is 0 Å². The Hall–Kier alpha value is -1.94. The second-order valence-electron chi connectivity index (χ2n) is 5.03. The molecule has 4 heteroatoms. The van der Waals surface area contributed by atoms with Gasteiger partial charge in [0.1, 0.15) is 0 Å². The van der Waals surface area contributed by atoms with Crippen LogP contribution < -0.4 is 5.32 Å². The Morgan fingerprint density at radius 2 is 1.80 bits per heavy atom. The van der Waals surface area contributed by atoms with Gasteiger partial charge in [0.25, 0.3) is 0 Å². The third-order valence-corrected chi connectivity index (χ3v) is 3.42. The van der Waals surface area contributed by atoms with Gasteiger partial charge in [0.15, 0.2) is 11.6 Å². The number of aliphatic hydroxyl groups is 1. The average Bonchev–Trinajstić information content (AvgIpc) is 2.44. The number of halogens is 2. The molecule has 1 unspecified atom stereocenters. The highest BCUT2D eigenvalue weighted by Gasteiger charge is 2.30. The monoisotopic (exact) mass is 277 g/mol. The van der Waals surface area contributed by atoms with Crippen molar-refractivity contribution in [3.05, 3.63) is 65.2 Å². The molecule has 0 radical (unpaired) electrons. The molecule has 0 heterocycles. The first-order valence-corrected chi connectivity index (χ1v) is 6.37. The number of hydrogen-bond acceptors (Lipinski definition) is 2. The summed E-state index contributed by atoms with van der Waals surface area (Å²) in [5.74, 6) is -1.86. The fourth-order valence-electron chi connectivity index (χ4n) is 2.13. The molecule has 0 saturated heterocycles. The summed E-state index contributed by atoms with van der Waals surface area (Å²) in [6, 6.07) is 11.4. The lowest BCUT2D eigenvalue weighted by Gasteiger charge is -2.31. The number of hydrogen-bond donors (Lipinski definition) is 2. The van der Waals surface area contributed by atoms with Crippen LogP contribution in [0.3, 0.4) is 0 Å². The summed E-state index contributed by atoms with van der Waals surface area (Å²) in [6.45, 7) is 3.18. The van der Waals surface area contributed by atoms with Gasteiger partial charge in [-0.3, -0.25) is 0 Å². The van der Waals surface area contributed by atoms with Crippen LogP contribution in [0.25, 0.3) is 0 Å². The van der Waals surface area contributed by atoms with E-state index in [0.717, 1.165) is 17.3 Å². The number of para-hydroxylation sites is 1. The SMILES string of the molecule is Cc1ccccc1NC(C)(CO)c1cccc(F)c1F.